The van der Waals surface area contributed by atoms with Gasteiger partial charge >= 0.3 is 0 Å². The number of nitrogens with zero attached hydrogens (tertiary/aromatic N) is 1. The molecule has 0 saturated carbocycles. The Balaban J connectivity index is 1.68. The number of likely N-dealkylation sites (tertiary alicyclic amines) is 1. The molecule has 2 aliphatic rings. The number of ether oxygens (including phenoxy) is 3. The van der Waals surface area contributed by atoms with E-state index < -0.39 is 5.79 Å². The maximum Gasteiger partial charge on any atom is 0.163 e. The quantitative estimate of drug-likeness (QED) is 0.815. The third-order valence-electron chi connectivity index (χ3n) is 4.74. The highest BCUT2D eigenvalue weighted by Crippen LogP contribution is 2.35. The van der Waals surface area contributed by atoms with Gasteiger partial charge < -0.3 is 14.2 Å². The molecule has 1 aromatic rings. The van der Waals surface area contributed by atoms with Crippen molar-refractivity contribution < 1.29 is 18.6 Å². The lowest BCUT2D eigenvalue weighted by Gasteiger charge is -2.29. The summed E-state index contributed by atoms with van der Waals surface area (Å²) < 4.78 is 31.1. The zero-order valence-corrected chi connectivity index (χ0v) is 15.0. The van der Waals surface area contributed by atoms with Gasteiger partial charge in [0.25, 0.3) is 0 Å². The molecule has 0 spiro atoms. The summed E-state index contributed by atoms with van der Waals surface area (Å²) >= 11 is 0. The highest BCUT2D eigenvalue weighted by Gasteiger charge is 2.33. The summed E-state index contributed by atoms with van der Waals surface area (Å²) in [7, 11) is 0. The molecule has 2 saturated heterocycles. The molecular formula is C19H28FNO3. The van der Waals surface area contributed by atoms with Crippen LogP contribution in [0.15, 0.2) is 18.2 Å². The largest absolute Gasteiger partial charge is 0.491 e. The molecule has 3 rings (SSSR count). The van der Waals surface area contributed by atoms with Crippen LogP contribution in [0.25, 0.3) is 0 Å². The van der Waals surface area contributed by atoms with Crippen LogP contribution in [0.4, 0.5) is 4.39 Å². The van der Waals surface area contributed by atoms with Gasteiger partial charge in [0, 0.05) is 18.2 Å². The van der Waals surface area contributed by atoms with E-state index in [0.717, 1.165) is 24.9 Å². The second-order valence-corrected chi connectivity index (χ2v) is 7.47. The van der Waals surface area contributed by atoms with Crippen molar-refractivity contribution in [1.82, 2.24) is 4.90 Å². The first-order valence-electron chi connectivity index (χ1n) is 8.85. The van der Waals surface area contributed by atoms with E-state index in [9.17, 15) is 4.39 Å². The molecule has 2 fully saturated rings. The van der Waals surface area contributed by atoms with Gasteiger partial charge in [-0.25, -0.2) is 4.39 Å². The first kappa shape index (κ1) is 17.6. The molecule has 5 heteroatoms. The summed E-state index contributed by atoms with van der Waals surface area (Å²) in [6.45, 7) is 10.1. The van der Waals surface area contributed by atoms with Gasteiger partial charge in [0.15, 0.2) is 5.79 Å². The van der Waals surface area contributed by atoms with Crippen LogP contribution in [0.3, 0.4) is 0 Å². The standard InChI is InChI=1S/C19H28FNO3/c1-13(2)21-7-5-6-18(21)14-8-15(20)10-16(9-14)22-11-17-12-23-19(3,4)24-17/h8-10,13,17-18H,5-7,11-12H2,1-4H3. The van der Waals surface area contributed by atoms with Crippen molar-refractivity contribution in [2.24, 2.45) is 0 Å². The topological polar surface area (TPSA) is 30.9 Å². The smallest absolute Gasteiger partial charge is 0.163 e. The van der Waals surface area contributed by atoms with Gasteiger partial charge in [-0.05, 0) is 64.8 Å². The van der Waals surface area contributed by atoms with E-state index in [4.69, 9.17) is 14.2 Å². The number of halogens is 1. The van der Waals surface area contributed by atoms with E-state index in [1.165, 1.54) is 6.07 Å². The third kappa shape index (κ3) is 4.08. The van der Waals surface area contributed by atoms with Crippen LogP contribution in [-0.2, 0) is 9.47 Å². The Kier molecular flexibility index (Phi) is 5.13. The van der Waals surface area contributed by atoms with Crippen LogP contribution >= 0.6 is 0 Å². The Hall–Kier alpha value is -1.17. The maximum absolute atomic E-state index is 14.1. The number of hydrogen-bond donors (Lipinski definition) is 0. The lowest BCUT2D eigenvalue weighted by molar-refractivity contribution is -0.141. The van der Waals surface area contributed by atoms with E-state index in [2.05, 4.69) is 18.7 Å². The van der Waals surface area contributed by atoms with E-state index in [1.807, 2.05) is 19.9 Å². The van der Waals surface area contributed by atoms with Crippen molar-refractivity contribution >= 4 is 0 Å². The molecule has 134 valence electrons. The Morgan fingerprint density at radius 2 is 2.12 bits per heavy atom. The minimum absolute atomic E-state index is 0.120. The normalized spacial score (nSPS) is 27.1. The molecule has 0 amide bonds. The Bertz CT molecular complexity index is 576. The van der Waals surface area contributed by atoms with Crippen molar-refractivity contribution in [1.29, 1.82) is 0 Å². The SMILES string of the molecule is CC(C)N1CCCC1c1cc(F)cc(OCC2COC(C)(C)O2)c1. The van der Waals surface area contributed by atoms with Gasteiger partial charge in [-0.2, -0.15) is 0 Å². The van der Waals surface area contributed by atoms with Crippen molar-refractivity contribution in [3.05, 3.63) is 29.6 Å². The van der Waals surface area contributed by atoms with E-state index in [0.29, 0.717) is 25.0 Å². The summed E-state index contributed by atoms with van der Waals surface area (Å²) in [5.41, 5.74) is 1.00. The van der Waals surface area contributed by atoms with Gasteiger partial charge in [-0.3, -0.25) is 4.90 Å². The van der Waals surface area contributed by atoms with Crippen LogP contribution in [-0.4, -0.2) is 42.6 Å². The molecule has 0 aromatic heterocycles. The predicted molar refractivity (Wildman–Crippen MR) is 90.6 cm³/mol. The molecule has 24 heavy (non-hydrogen) atoms. The fourth-order valence-corrected chi connectivity index (χ4v) is 3.66. The third-order valence-corrected chi connectivity index (χ3v) is 4.74. The fraction of sp³-hybridized carbons (Fsp3) is 0.684. The number of rotatable bonds is 5. The Morgan fingerprint density at radius 1 is 1.33 bits per heavy atom. The van der Waals surface area contributed by atoms with E-state index >= 15 is 0 Å². The summed E-state index contributed by atoms with van der Waals surface area (Å²) in [5, 5.41) is 0. The lowest BCUT2D eigenvalue weighted by atomic mass is 10.0. The van der Waals surface area contributed by atoms with Gasteiger partial charge in [-0.1, -0.05) is 0 Å². The van der Waals surface area contributed by atoms with Gasteiger partial charge in [-0.15, -0.1) is 0 Å². The predicted octanol–water partition coefficient (Wildman–Crippen LogP) is 3.90. The Morgan fingerprint density at radius 3 is 2.79 bits per heavy atom. The molecule has 4 nitrogen and oxygen atoms in total. The summed E-state index contributed by atoms with van der Waals surface area (Å²) in [4.78, 5) is 2.43. The molecule has 2 atom stereocenters. The van der Waals surface area contributed by atoms with Crippen LogP contribution < -0.4 is 4.74 Å². The average Bonchev–Trinajstić information content (AvgIpc) is 3.11. The van der Waals surface area contributed by atoms with Crippen LogP contribution in [0, 0.1) is 5.82 Å². The molecule has 1 aromatic carbocycles. The molecule has 0 radical (unpaired) electrons. The highest BCUT2D eigenvalue weighted by molar-refractivity contribution is 5.32. The van der Waals surface area contributed by atoms with Gasteiger partial charge in [0.05, 0.1) is 6.61 Å². The van der Waals surface area contributed by atoms with Crippen molar-refractivity contribution in [2.45, 2.75) is 64.5 Å². The molecular weight excluding hydrogens is 309 g/mol. The first-order chi connectivity index (χ1) is 11.3. The minimum Gasteiger partial charge on any atom is -0.491 e. The number of hydrogen-bond acceptors (Lipinski definition) is 4. The first-order valence-corrected chi connectivity index (χ1v) is 8.85. The Labute approximate surface area is 143 Å². The van der Waals surface area contributed by atoms with E-state index in [-0.39, 0.29) is 18.0 Å². The zero-order chi connectivity index (χ0) is 17.3. The zero-order valence-electron chi connectivity index (χ0n) is 15.0. The lowest BCUT2D eigenvalue weighted by Crippen LogP contribution is -2.30. The summed E-state index contributed by atoms with van der Waals surface area (Å²) in [5.74, 6) is -0.251. The van der Waals surface area contributed by atoms with Crippen LogP contribution in [0.2, 0.25) is 0 Å². The van der Waals surface area contributed by atoms with Crippen molar-refractivity contribution in [3.63, 3.8) is 0 Å². The summed E-state index contributed by atoms with van der Waals surface area (Å²) in [6, 6.07) is 5.77. The second-order valence-electron chi connectivity index (χ2n) is 7.47. The summed E-state index contributed by atoms with van der Waals surface area (Å²) in [6.07, 6.45) is 2.09. The van der Waals surface area contributed by atoms with Crippen LogP contribution in [0.1, 0.15) is 52.1 Å². The highest BCUT2D eigenvalue weighted by atomic mass is 19.1. The van der Waals surface area contributed by atoms with Gasteiger partial charge in [0.1, 0.15) is 24.3 Å². The molecule has 2 unspecified atom stereocenters. The maximum atomic E-state index is 14.1. The van der Waals surface area contributed by atoms with Crippen LogP contribution in [0.5, 0.6) is 5.75 Å². The molecule has 2 heterocycles. The van der Waals surface area contributed by atoms with E-state index in [1.54, 1.807) is 6.07 Å². The second kappa shape index (κ2) is 6.98. The fourth-order valence-electron chi connectivity index (χ4n) is 3.66. The monoisotopic (exact) mass is 337 g/mol. The van der Waals surface area contributed by atoms with Gasteiger partial charge in [0.2, 0.25) is 0 Å². The molecule has 2 aliphatic heterocycles. The average molecular weight is 337 g/mol. The molecule has 0 bridgehead atoms. The number of benzene rings is 1. The minimum atomic E-state index is -0.567. The van der Waals surface area contributed by atoms with Crippen molar-refractivity contribution in [2.75, 3.05) is 19.8 Å². The van der Waals surface area contributed by atoms with Crippen molar-refractivity contribution in [3.8, 4) is 5.75 Å². The molecule has 0 N–H and O–H groups in total. The molecule has 0 aliphatic carbocycles.